The zero-order valence-electron chi connectivity index (χ0n) is 14.8. The molecule has 26 heavy (non-hydrogen) atoms. The van der Waals surface area contributed by atoms with Crippen LogP contribution in [0.4, 0.5) is 0 Å². The number of unbranched alkanes of at least 4 members (excludes halogenated alkanes) is 3. The minimum absolute atomic E-state index is 0.0261. The van der Waals surface area contributed by atoms with E-state index >= 15 is 0 Å². The molecule has 3 rings (SSSR count). The molecule has 0 fully saturated rings. The summed E-state index contributed by atoms with van der Waals surface area (Å²) in [7, 11) is 1.61. The molecule has 0 saturated heterocycles. The summed E-state index contributed by atoms with van der Waals surface area (Å²) in [5.74, 6) is 1.42. The molecule has 0 unspecified atom stereocenters. The van der Waals surface area contributed by atoms with Gasteiger partial charge in [-0.15, -0.1) is 0 Å². The highest BCUT2D eigenvalue weighted by Crippen LogP contribution is 2.28. The lowest BCUT2D eigenvalue weighted by Gasteiger charge is -2.09. The average molecular weight is 375 g/mol. The summed E-state index contributed by atoms with van der Waals surface area (Å²) in [6.45, 7) is 0.649. The van der Waals surface area contributed by atoms with Gasteiger partial charge in [-0.3, -0.25) is 0 Å². The molecule has 1 aromatic heterocycles. The van der Waals surface area contributed by atoms with Crippen LogP contribution < -0.4 is 9.47 Å². The van der Waals surface area contributed by atoms with Crippen molar-refractivity contribution >= 4 is 22.6 Å². The highest BCUT2D eigenvalue weighted by atomic mass is 35.5. The molecule has 0 atom stereocenters. The molecule has 0 bridgehead atoms. The van der Waals surface area contributed by atoms with Gasteiger partial charge in [-0.05, 0) is 43.0 Å². The number of benzene rings is 2. The van der Waals surface area contributed by atoms with Crippen molar-refractivity contribution in [2.45, 2.75) is 32.1 Å². The number of hydrogen-bond acceptors (Lipinski definition) is 4. The van der Waals surface area contributed by atoms with Gasteiger partial charge in [0.15, 0.2) is 0 Å². The second-order valence-electron chi connectivity index (χ2n) is 6.18. The van der Waals surface area contributed by atoms with Crippen LogP contribution in [-0.2, 0) is 6.42 Å². The smallest absolute Gasteiger partial charge is 0.292 e. The number of aromatic amines is 1. The second-order valence-corrected chi connectivity index (χ2v) is 6.59. The standard InChI is InChI=1S/C20H23ClN2O3/c1-25-15-10-11-18(16(21)13-15)26-12-5-3-2-4-7-14-8-6-9-17-19(14)23-20(24)22-17/h6,8-11,13H,2-5,7,12H2,1H3,(H2,22,23,24). The molecule has 6 heteroatoms. The van der Waals surface area contributed by atoms with Crippen LogP contribution in [0, 0.1) is 0 Å². The van der Waals surface area contributed by atoms with Crippen LogP contribution in [0.3, 0.4) is 0 Å². The van der Waals surface area contributed by atoms with E-state index in [4.69, 9.17) is 21.1 Å². The fraction of sp³-hybridized carbons (Fsp3) is 0.350. The van der Waals surface area contributed by atoms with Gasteiger partial charge in [0, 0.05) is 6.07 Å². The van der Waals surface area contributed by atoms with E-state index in [0.29, 0.717) is 17.4 Å². The minimum atomic E-state index is -0.0261. The van der Waals surface area contributed by atoms with Crippen LogP contribution in [0.1, 0.15) is 31.2 Å². The maximum Gasteiger partial charge on any atom is 0.292 e. The number of hydrogen-bond donors (Lipinski definition) is 2. The largest absolute Gasteiger partial charge is 0.497 e. The predicted octanol–water partition coefficient (Wildman–Crippen LogP) is 5.11. The van der Waals surface area contributed by atoms with E-state index in [9.17, 15) is 5.11 Å². The molecule has 0 radical (unpaired) electrons. The maximum atomic E-state index is 9.50. The number of rotatable bonds is 9. The third kappa shape index (κ3) is 4.61. The van der Waals surface area contributed by atoms with Gasteiger partial charge in [0.2, 0.25) is 0 Å². The van der Waals surface area contributed by atoms with Gasteiger partial charge in [-0.25, -0.2) is 0 Å². The van der Waals surface area contributed by atoms with Crippen molar-refractivity contribution in [2.24, 2.45) is 0 Å². The van der Waals surface area contributed by atoms with E-state index in [1.807, 2.05) is 24.3 Å². The summed E-state index contributed by atoms with van der Waals surface area (Å²) in [6, 6.07) is 11.4. The number of fused-ring (bicyclic) bond motifs is 1. The number of aryl methyl sites for hydroxylation is 1. The molecule has 3 aromatic rings. The zero-order valence-corrected chi connectivity index (χ0v) is 15.6. The first kappa shape index (κ1) is 18.4. The van der Waals surface area contributed by atoms with Crippen molar-refractivity contribution in [3.8, 4) is 17.5 Å². The Morgan fingerprint density at radius 3 is 2.77 bits per heavy atom. The second kappa shape index (κ2) is 8.81. The first-order valence-corrected chi connectivity index (χ1v) is 9.18. The Morgan fingerprint density at radius 2 is 1.96 bits per heavy atom. The average Bonchev–Trinajstić information content (AvgIpc) is 3.03. The molecule has 0 amide bonds. The number of methoxy groups -OCH3 is 1. The minimum Gasteiger partial charge on any atom is -0.497 e. The third-order valence-electron chi connectivity index (χ3n) is 4.33. The Labute approximate surface area is 157 Å². The summed E-state index contributed by atoms with van der Waals surface area (Å²) in [5, 5.41) is 10.1. The number of aromatic nitrogens is 2. The van der Waals surface area contributed by atoms with E-state index in [-0.39, 0.29) is 6.01 Å². The van der Waals surface area contributed by atoms with Crippen molar-refractivity contribution in [2.75, 3.05) is 13.7 Å². The van der Waals surface area contributed by atoms with Gasteiger partial charge in [0.1, 0.15) is 11.5 Å². The van der Waals surface area contributed by atoms with Crippen molar-refractivity contribution in [1.29, 1.82) is 0 Å². The van der Waals surface area contributed by atoms with Gasteiger partial charge in [0.05, 0.1) is 29.8 Å². The number of imidazole rings is 1. The van der Waals surface area contributed by atoms with E-state index in [2.05, 4.69) is 16.0 Å². The molecule has 1 heterocycles. The molecule has 138 valence electrons. The number of ether oxygens (including phenoxy) is 2. The zero-order chi connectivity index (χ0) is 18.4. The highest BCUT2D eigenvalue weighted by Gasteiger charge is 2.06. The number of para-hydroxylation sites is 1. The molecular formula is C20H23ClN2O3. The summed E-state index contributed by atoms with van der Waals surface area (Å²) in [5.41, 5.74) is 2.93. The SMILES string of the molecule is COc1ccc(OCCCCCCc2cccc3nc(O)[nH]c23)c(Cl)c1. The normalized spacial score (nSPS) is 11.0. The van der Waals surface area contributed by atoms with Gasteiger partial charge in [-0.1, -0.05) is 36.6 Å². The lowest BCUT2D eigenvalue weighted by molar-refractivity contribution is 0.304. The molecule has 2 aromatic carbocycles. The third-order valence-corrected chi connectivity index (χ3v) is 4.62. The fourth-order valence-electron chi connectivity index (χ4n) is 2.97. The molecule has 0 aliphatic carbocycles. The van der Waals surface area contributed by atoms with Crippen molar-refractivity contribution in [3.63, 3.8) is 0 Å². The van der Waals surface area contributed by atoms with Gasteiger partial charge in [-0.2, -0.15) is 4.98 Å². The lowest BCUT2D eigenvalue weighted by Crippen LogP contribution is -1.98. The Kier molecular flexibility index (Phi) is 6.23. The van der Waals surface area contributed by atoms with E-state index in [1.165, 1.54) is 5.56 Å². The fourth-order valence-corrected chi connectivity index (χ4v) is 3.19. The summed E-state index contributed by atoms with van der Waals surface area (Å²) in [6.07, 6.45) is 5.25. The molecule has 0 aliphatic heterocycles. The molecule has 0 aliphatic rings. The van der Waals surface area contributed by atoms with Crippen LogP contribution >= 0.6 is 11.6 Å². The van der Waals surface area contributed by atoms with Crippen LogP contribution in [0.2, 0.25) is 5.02 Å². The molecule has 0 spiro atoms. The Balaban J connectivity index is 1.37. The number of H-pyrrole nitrogens is 1. The van der Waals surface area contributed by atoms with E-state index in [1.54, 1.807) is 13.2 Å². The number of nitrogens with zero attached hydrogens (tertiary/aromatic N) is 1. The molecule has 2 N–H and O–H groups in total. The summed E-state index contributed by atoms with van der Waals surface area (Å²) >= 11 is 6.16. The summed E-state index contributed by atoms with van der Waals surface area (Å²) in [4.78, 5) is 6.98. The number of aromatic hydroxyl groups is 1. The van der Waals surface area contributed by atoms with E-state index in [0.717, 1.165) is 48.9 Å². The van der Waals surface area contributed by atoms with Crippen LogP contribution in [0.15, 0.2) is 36.4 Å². The molecular weight excluding hydrogens is 352 g/mol. The van der Waals surface area contributed by atoms with Crippen molar-refractivity contribution in [1.82, 2.24) is 9.97 Å². The first-order chi connectivity index (χ1) is 12.7. The van der Waals surface area contributed by atoms with Crippen LogP contribution in [-0.4, -0.2) is 28.8 Å². The van der Waals surface area contributed by atoms with Crippen molar-refractivity contribution in [3.05, 3.63) is 47.0 Å². The van der Waals surface area contributed by atoms with Gasteiger partial charge >= 0.3 is 0 Å². The Morgan fingerprint density at radius 1 is 1.12 bits per heavy atom. The van der Waals surface area contributed by atoms with Crippen molar-refractivity contribution < 1.29 is 14.6 Å². The van der Waals surface area contributed by atoms with Crippen LogP contribution in [0.25, 0.3) is 11.0 Å². The highest BCUT2D eigenvalue weighted by molar-refractivity contribution is 6.32. The summed E-state index contributed by atoms with van der Waals surface area (Å²) < 4.78 is 10.9. The molecule has 0 saturated carbocycles. The van der Waals surface area contributed by atoms with Crippen LogP contribution in [0.5, 0.6) is 17.5 Å². The topological polar surface area (TPSA) is 67.4 Å². The van der Waals surface area contributed by atoms with Gasteiger partial charge < -0.3 is 19.6 Å². The maximum absolute atomic E-state index is 9.50. The number of halogens is 1. The van der Waals surface area contributed by atoms with E-state index < -0.39 is 0 Å². The number of nitrogens with one attached hydrogen (secondary N) is 1. The lowest BCUT2D eigenvalue weighted by atomic mass is 10.0. The van der Waals surface area contributed by atoms with Gasteiger partial charge in [0.25, 0.3) is 6.01 Å². The Hall–Kier alpha value is -2.40. The quantitative estimate of drug-likeness (QED) is 0.510. The molecule has 5 nitrogen and oxygen atoms in total. The predicted molar refractivity (Wildman–Crippen MR) is 103 cm³/mol. The first-order valence-electron chi connectivity index (χ1n) is 8.80. The monoisotopic (exact) mass is 374 g/mol. The Bertz CT molecular complexity index is 863.